The van der Waals surface area contributed by atoms with Gasteiger partial charge in [0.25, 0.3) is 17.7 Å². The number of benzene rings is 2. The lowest BCUT2D eigenvalue weighted by Gasteiger charge is -2.15. The van der Waals surface area contributed by atoms with Gasteiger partial charge in [-0.05, 0) is 42.3 Å². The highest BCUT2D eigenvalue weighted by molar-refractivity contribution is 7.81. The predicted octanol–water partition coefficient (Wildman–Crippen LogP) is 4.16. The van der Waals surface area contributed by atoms with E-state index < -0.39 is 17.7 Å². The summed E-state index contributed by atoms with van der Waals surface area (Å²) >= 11 is 11.3. The maximum atomic E-state index is 13.1. The van der Waals surface area contributed by atoms with Crippen molar-refractivity contribution in [2.75, 3.05) is 11.9 Å². The molecule has 6 nitrogen and oxygen atoms in total. The molecule has 4 rings (SSSR count). The van der Waals surface area contributed by atoms with Gasteiger partial charge in [-0.1, -0.05) is 48.1 Å². The molecule has 1 N–H and O–H groups in total. The van der Waals surface area contributed by atoms with Gasteiger partial charge in [0.1, 0.15) is 0 Å². The summed E-state index contributed by atoms with van der Waals surface area (Å²) in [4.78, 5) is 40.3. The third-order valence-electron chi connectivity index (χ3n) is 5.26. The van der Waals surface area contributed by atoms with Crippen molar-refractivity contribution in [3.05, 3.63) is 87.5 Å². The lowest BCUT2D eigenvalue weighted by atomic mass is 10.0. The van der Waals surface area contributed by atoms with Crippen LogP contribution in [-0.2, 0) is 11.2 Å². The smallest absolute Gasteiger partial charge is 0.263 e. The predicted molar refractivity (Wildman–Crippen MR) is 125 cm³/mol. The van der Waals surface area contributed by atoms with Crippen LogP contribution in [0, 0.1) is 11.3 Å². The number of anilines is 1. The second kappa shape index (κ2) is 8.87. The number of thiocarbonyl (C=S) groups is 1. The third-order valence-corrected chi connectivity index (χ3v) is 5.91. The van der Waals surface area contributed by atoms with Gasteiger partial charge in [-0.2, -0.15) is 5.26 Å². The van der Waals surface area contributed by atoms with Gasteiger partial charge < -0.3 is 5.32 Å². The largest absolute Gasteiger partial charge is 0.321 e. The Kier molecular flexibility index (Phi) is 5.99. The maximum Gasteiger partial charge on any atom is 0.263 e. The molecule has 0 unspecified atom stereocenters. The number of halogens is 1. The number of nitrogens with one attached hydrogen (secondary N) is 1. The van der Waals surface area contributed by atoms with E-state index in [9.17, 15) is 14.4 Å². The summed E-state index contributed by atoms with van der Waals surface area (Å²) in [6.07, 6.45) is 4.04. The second-order valence-electron chi connectivity index (χ2n) is 7.28. The van der Waals surface area contributed by atoms with Crippen molar-refractivity contribution < 1.29 is 14.4 Å². The summed E-state index contributed by atoms with van der Waals surface area (Å²) in [5, 5.41) is 12.0. The molecule has 1 aliphatic carbocycles. The van der Waals surface area contributed by atoms with E-state index in [1.165, 1.54) is 11.0 Å². The van der Waals surface area contributed by atoms with E-state index >= 15 is 0 Å². The highest BCUT2D eigenvalue weighted by atomic mass is 35.5. The summed E-state index contributed by atoms with van der Waals surface area (Å²) in [6, 6.07) is 13.8. The van der Waals surface area contributed by atoms with Crippen LogP contribution in [0.1, 0.15) is 38.3 Å². The molecule has 3 amide bonds. The summed E-state index contributed by atoms with van der Waals surface area (Å²) in [5.41, 5.74) is 2.36. The van der Waals surface area contributed by atoms with Crippen molar-refractivity contribution in [1.82, 2.24) is 4.90 Å². The van der Waals surface area contributed by atoms with Crippen molar-refractivity contribution in [2.24, 2.45) is 0 Å². The number of hydrogen-bond donors (Lipinski definition) is 1. The monoisotopic (exact) mass is 461 g/mol. The van der Waals surface area contributed by atoms with Gasteiger partial charge in [-0.3, -0.25) is 19.3 Å². The first-order valence-electron chi connectivity index (χ1n) is 9.79. The number of carbonyl (C=O) groups is 3. The molecule has 2 aliphatic rings. The fourth-order valence-electron chi connectivity index (χ4n) is 3.59. The molecule has 2 aromatic rings. The van der Waals surface area contributed by atoms with Crippen LogP contribution in [0.3, 0.4) is 0 Å². The van der Waals surface area contributed by atoms with Crippen molar-refractivity contribution in [1.29, 1.82) is 5.26 Å². The Balaban J connectivity index is 1.54. The van der Waals surface area contributed by atoms with Crippen LogP contribution in [0.2, 0.25) is 0 Å². The van der Waals surface area contributed by atoms with Crippen LogP contribution in [0.5, 0.6) is 0 Å². The Labute approximate surface area is 194 Å². The lowest BCUT2D eigenvalue weighted by molar-refractivity contribution is -0.112. The summed E-state index contributed by atoms with van der Waals surface area (Å²) in [5.74, 6) is -1.35. The van der Waals surface area contributed by atoms with Gasteiger partial charge in [0.2, 0.25) is 0 Å². The van der Waals surface area contributed by atoms with Gasteiger partial charge in [-0.15, -0.1) is 0 Å². The molecule has 0 atom stereocenters. The van der Waals surface area contributed by atoms with Crippen molar-refractivity contribution in [2.45, 2.75) is 12.8 Å². The van der Waals surface area contributed by atoms with Crippen LogP contribution >= 0.6 is 23.8 Å². The van der Waals surface area contributed by atoms with E-state index in [1.54, 1.807) is 48.5 Å². The molecule has 1 heterocycles. The van der Waals surface area contributed by atoms with Crippen LogP contribution in [0.25, 0.3) is 0 Å². The quantitative estimate of drug-likeness (QED) is 0.533. The number of carbonyl (C=O) groups excluding carboxylic acids is 3. The number of nitrogens with zero attached hydrogens (tertiary/aromatic N) is 2. The third kappa shape index (κ3) is 4.11. The molecule has 0 saturated carbocycles. The fraction of sp³-hybridized carbons (Fsp3) is 0.125. The van der Waals surface area contributed by atoms with Gasteiger partial charge in [0.05, 0.1) is 34.0 Å². The molecule has 0 spiro atoms. The average molecular weight is 462 g/mol. The first-order chi connectivity index (χ1) is 15.4. The lowest BCUT2D eigenvalue weighted by Crippen LogP contribution is -2.32. The molecule has 0 radical (unpaired) electrons. The van der Waals surface area contributed by atoms with Gasteiger partial charge in [-0.25, -0.2) is 0 Å². The van der Waals surface area contributed by atoms with Gasteiger partial charge in [0, 0.05) is 22.9 Å². The molecular formula is C24H16ClN3O3S. The van der Waals surface area contributed by atoms with Crippen LogP contribution in [0.15, 0.2) is 65.2 Å². The number of amides is 3. The van der Waals surface area contributed by atoms with E-state index in [0.29, 0.717) is 28.3 Å². The normalized spacial score (nSPS) is 15.1. The molecule has 0 aromatic heterocycles. The Morgan fingerprint density at radius 1 is 1.16 bits per heavy atom. The number of allylic oxidation sites excluding steroid dienone is 3. The molecule has 0 saturated heterocycles. The zero-order valence-electron chi connectivity index (χ0n) is 16.7. The number of imide groups is 1. The Morgan fingerprint density at radius 3 is 2.62 bits per heavy atom. The highest BCUT2D eigenvalue weighted by Gasteiger charge is 2.37. The van der Waals surface area contributed by atoms with E-state index in [0.717, 1.165) is 5.56 Å². The van der Waals surface area contributed by atoms with E-state index in [4.69, 9.17) is 29.1 Å². The van der Waals surface area contributed by atoms with Crippen LogP contribution < -0.4 is 5.32 Å². The Hall–Kier alpha value is -3.60. The second-order valence-corrected chi connectivity index (χ2v) is 8.21. The van der Waals surface area contributed by atoms with Crippen LogP contribution in [-0.4, -0.2) is 34.0 Å². The minimum Gasteiger partial charge on any atom is -0.321 e. The summed E-state index contributed by atoms with van der Waals surface area (Å²) < 4.78 is 0. The number of hydrogen-bond acceptors (Lipinski definition) is 5. The number of rotatable bonds is 5. The molecule has 8 heteroatoms. The van der Waals surface area contributed by atoms with Crippen LogP contribution in [0.4, 0.5) is 5.69 Å². The minimum absolute atomic E-state index is 0.162. The van der Waals surface area contributed by atoms with E-state index in [1.807, 2.05) is 0 Å². The van der Waals surface area contributed by atoms with Gasteiger partial charge in [0.15, 0.2) is 0 Å². The topological polar surface area (TPSA) is 90.3 Å². The fourth-order valence-corrected chi connectivity index (χ4v) is 4.01. The molecule has 0 bridgehead atoms. The molecule has 32 heavy (non-hydrogen) atoms. The first-order valence-corrected chi connectivity index (χ1v) is 10.6. The Bertz CT molecular complexity index is 1270. The highest BCUT2D eigenvalue weighted by Crippen LogP contribution is 2.30. The van der Waals surface area contributed by atoms with E-state index in [-0.39, 0.29) is 28.9 Å². The van der Waals surface area contributed by atoms with Crippen molar-refractivity contribution in [3.8, 4) is 6.07 Å². The first kappa shape index (κ1) is 21.6. The zero-order valence-corrected chi connectivity index (χ0v) is 18.3. The maximum absolute atomic E-state index is 13.1. The molecule has 0 fully saturated rings. The Morgan fingerprint density at radius 2 is 1.91 bits per heavy atom. The standard InChI is InChI=1S/C24H16ClN3O3S/c25-16-8-9-20(32)18(12-16)22(29)27-19-3-1-2-17-21(19)24(31)28(23(17)30)11-10-14-4-6-15(13-26)7-5-14/h1-8,12H,9-11H2,(H,27,29). The molecule has 158 valence electrons. The molecule has 2 aromatic carbocycles. The number of nitriles is 1. The van der Waals surface area contributed by atoms with Crippen molar-refractivity contribution >= 4 is 52.1 Å². The van der Waals surface area contributed by atoms with Crippen molar-refractivity contribution in [3.63, 3.8) is 0 Å². The SMILES string of the molecule is N#Cc1ccc(CCN2C(=O)c3cccc(NC(=O)C4=CC(Cl)=CCC4=S)c3C2=O)cc1. The molecule has 1 aliphatic heterocycles. The number of fused-ring (bicyclic) bond motifs is 1. The minimum atomic E-state index is -0.481. The average Bonchev–Trinajstić information content (AvgIpc) is 3.04. The zero-order chi connectivity index (χ0) is 22.8. The van der Waals surface area contributed by atoms with Gasteiger partial charge >= 0.3 is 0 Å². The summed E-state index contributed by atoms with van der Waals surface area (Å²) in [6.45, 7) is 0.182. The molecular weight excluding hydrogens is 446 g/mol. The van der Waals surface area contributed by atoms with E-state index in [2.05, 4.69) is 11.4 Å². The summed E-state index contributed by atoms with van der Waals surface area (Å²) in [7, 11) is 0.